The van der Waals surface area contributed by atoms with Crippen LogP contribution in [-0.4, -0.2) is 5.78 Å². The van der Waals surface area contributed by atoms with E-state index in [2.05, 4.69) is 56.3 Å². The van der Waals surface area contributed by atoms with E-state index in [1.807, 2.05) is 0 Å². The number of ketones is 1. The van der Waals surface area contributed by atoms with E-state index in [4.69, 9.17) is 0 Å². The average molecular weight is 280 g/mol. The highest BCUT2D eigenvalue weighted by Gasteiger charge is 2.35. The molecule has 0 heterocycles. The summed E-state index contributed by atoms with van der Waals surface area (Å²) in [4.78, 5) is 11.7. The van der Waals surface area contributed by atoms with E-state index in [0.717, 1.165) is 32.1 Å². The number of hydrogen-bond donors (Lipinski definition) is 0. The smallest absolute Gasteiger partial charge is 0.133 e. The van der Waals surface area contributed by atoms with Crippen LogP contribution in [0.5, 0.6) is 0 Å². The number of aryl methyl sites for hydroxylation is 1. The molecule has 0 bridgehead atoms. The third-order valence-corrected chi connectivity index (χ3v) is 5.22. The van der Waals surface area contributed by atoms with Crippen LogP contribution in [0.3, 0.4) is 0 Å². The van der Waals surface area contributed by atoms with Crippen LogP contribution in [0.25, 0.3) is 10.8 Å². The fourth-order valence-corrected chi connectivity index (χ4v) is 3.55. The summed E-state index contributed by atoms with van der Waals surface area (Å²) in [5.74, 6) is 0.989. The van der Waals surface area contributed by atoms with Crippen LogP contribution in [0, 0.1) is 11.3 Å². The first-order valence-corrected chi connectivity index (χ1v) is 8.04. The van der Waals surface area contributed by atoms with Gasteiger partial charge in [-0.05, 0) is 46.9 Å². The molecule has 0 aromatic heterocycles. The molecule has 0 radical (unpaired) electrons. The standard InChI is InChI=1S/C20H24O/c1-20(2)12-11-19(21)14-18(20)10-8-15-7-9-16-5-3-4-6-17(16)13-15/h3-7,9,13,18H,8,10-12,14H2,1-2H3. The Morgan fingerprint density at radius 2 is 1.86 bits per heavy atom. The molecular weight excluding hydrogens is 256 g/mol. The van der Waals surface area contributed by atoms with Crippen LogP contribution < -0.4 is 0 Å². The van der Waals surface area contributed by atoms with Crippen molar-refractivity contribution in [1.82, 2.24) is 0 Å². The molecule has 1 heteroatoms. The van der Waals surface area contributed by atoms with Gasteiger partial charge in [0.15, 0.2) is 0 Å². The van der Waals surface area contributed by atoms with Gasteiger partial charge in [-0.3, -0.25) is 4.79 Å². The molecule has 0 saturated heterocycles. The van der Waals surface area contributed by atoms with Crippen molar-refractivity contribution < 1.29 is 4.79 Å². The molecule has 1 atom stereocenters. The first-order chi connectivity index (χ1) is 10.0. The normalized spacial score (nSPS) is 21.6. The van der Waals surface area contributed by atoms with Gasteiger partial charge in [-0.15, -0.1) is 0 Å². The second-order valence-electron chi connectivity index (χ2n) is 7.15. The van der Waals surface area contributed by atoms with E-state index in [1.165, 1.54) is 16.3 Å². The Morgan fingerprint density at radius 1 is 1.10 bits per heavy atom. The van der Waals surface area contributed by atoms with Gasteiger partial charge in [0.05, 0.1) is 0 Å². The lowest BCUT2D eigenvalue weighted by molar-refractivity contribution is -0.124. The van der Waals surface area contributed by atoms with E-state index in [-0.39, 0.29) is 0 Å². The summed E-state index contributed by atoms with van der Waals surface area (Å²) in [6, 6.07) is 15.2. The van der Waals surface area contributed by atoms with E-state index in [1.54, 1.807) is 0 Å². The quantitative estimate of drug-likeness (QED) is 0.758. The van der Waals surface area contributed by atoms with Gasteiger partial charge < -0.3 is 0 Å². The van der Waals surface area contributed by atoms with Crippen LogP contribution in [0.4, 0.5) is 0 Å². The Hall–Kier alpha value is -1.63. The molecule has 0 amide bonds. The van der Waals surface area contributed by atoms with Crippen LogP contribution in [0.15, 0.2) is 42.5 Å². The van der Waals surface area contributed by atoms with Crippen LogP contribution in [-0.2, 0) is 11.2 Å². The molecule has 2 aromatic rings. The molecule has 1 fully saturated rings. The number of carbonyl (C=O) groups excluding carboxylic acids is 1. The summed E-state index contributed by atoms with van der Waals surface area (Å²) in [5, 5.41) is 2.61. The van der Waals surface area contributed by atoms with Crippen LogP contribution >= 0.6 is 0 Å². The van der Waals surface area contributed by atoms with Gasteiger partial charge in [0.2, 0.25) is 0 Å². The van der Waals surface area contributed by atoms with Gasteiger partial charge in [0, 0.05) is 12.8 Å². The van der Waals surface area contributed by atoms with Crippen LogP contribution in [0.1, 0.15) is 45.1 Å². The maximum absolute atomic E-state index is 11.7. The summed E-state index contributed by atoms with van der Waals surface area (Å²) in [6.45, 7) is 4.65. The zero-order chi connectivity index (χ0) is 14.9. The summed E-state index contributed by atoms with van der Waals surface area (Å²) in [7, 11) is 0. The molecule has 1 aliphatic rings. The van der Waals surface area contributed by atoms with Crippen molar-refractivity contribution in [3.05, 3.63) is 48.0 Å². The fraction of sp³-hybridized carbons (Fsp3) is 0.450. The molecule has 0 N–H and O–H groups in total. The molecule has 1 unspecified atom stereocenters. The van der Waals surface area contributed by atoms with Crippen molar-refractivity contribution in [2.75, 3.05) is 0 Å². The Balaban J connectivity index is 1.72. The molecule has 0 aliphatic heterocycles. The van der Waals surface area contributed by atoms with E-state index in [0.29, 0.717) is 17.1 Å². The first kappa shape index (κ1) is 14.3. The van der Waals surface area contributed by atoms with Crippen molar-refractivity contribution in [2.45, 2.75) is 46.0 Å². The summed E-state index contributed by atoms with van der Waals surface area (Å²) in [6.07, 6.45) is 4.80. The van der Waals surface area contributed by atoms with Gasteiger partial charge in [-0.2, -0.15) is 0 Å². The number of hydrogen-bond acceptors (Lipinski definition) is 1. The third kappa shape index (κ3) is 3.18. The van der Waals surface area contributed by atoms with Crippen molar-refractivity contribution in [2.24, 2.45) is 11.3 Å². The van der Waals surface area contributed by atoms with Gasteiger partial charge in [0.1, 0.15) is 5.78 Å². The zero-order valence-corrected chi connectivity index (χ0v) is 13.1. The monoisotopic (exact) mass is 280 g/mol. The molecule has 110 valence electrons. The molecular formula is C20H24O. The van der Waals surface area contributed by atoms with Crippen molar-refractivity contribution >= 4 is 16.6 Å². The first-order valence-electron chi connectivity index (χ1n) is 8.04. The number of benzene rings is 2. The van der Waals surface area contributed by atoms with Crippen molar-refractivity contribution in [1.29, 1.82) is 0 Å². The zero-order valence-electron chi connectivity index (χ0n) is 13.1. The van der Waals surface area contributed by atoms with Gasteiger partial charge in [-0.1, -0.05) is 56.3 Å². The molecule has 1 saturated carbocycles. The van der Waals surface area contributed by atoms with Gasteiger partial charge in [-0.25, -0.2) is 0 Å². The lowest BCUT2D eigenvalue weighted by Crippen LogP contribution is -2.32. The number of carbonyl (C=O) groups is 1. The SMILES string of the molecule is CC1(C)CCC(=O)CC1CCc1ccc2ccccc2c1. The second-order valence-corrected chi connectivity index (χ2v) is 7.15. The lowest BCUT2D eigenvalue weighted by Gasteiger charge is -2.38. The van der Waals surface area contributed by atoms with E-state index < -0.39 is 0 Å². The van der Waals surface area contributed by atoms with E-state index >= 15 is 0 Å². The molecule has 2 aromatic carbocycles. The predicted octanol–water partition coefficient (Wildman–Crippen LogP) is 5.17. The fourth-order valence-electron chi connectivity index (χ4n) is 3.55. The summed E-state index contributed by atoms with van der Waals surface area (Å²) >= 11 is 0. The Labute approximate surface area is 127 Å². The minimum absolute atomic E-state index is 0.310. The summed E-state index contributed by atoms with van der Waals surface area (Å²) in [5.41, 5.74) is 1.70. The average Bonchev–Trinajstić information content (AvgIpc) is 2.48. The number of Topliss-reactive ketones (excluding diaryl/α,β-unsaturated/α-hetero) is 1. The van der Waals surface area contributed by atoms with Crippen molar-refractivity contribution in [3.63, 3.8) is 0 Å². The number of rotatable bonds is 3. The topological polar surface area (TPSA) is 17.1 Å². The van der Waals surface area contributed by atoms with Gasteiger partial charge >= 0.3 is 0 Å². The number of fused-ring (bicyclic) bond motifs is 1. The maximum Gasteiger partial charge on any atom is 0.133 e. The van der Waals surface area contributed by atoms with Crippen LogP contribution in [0.2, 0.25) is 0 Å². The predicted molar refractivity (Wildman–Crippen MR) is 88.4 cm³/mol. The highest BCUT2D eigenvalue weighted by molar-refractivity contribution is 5.83. The Morgan fingerprint density at radius 3 is 2.67 bits per heavy atom. The molecule has 1 nitrogen and oxygen atoms in total. The molecule has 3 rings (SSSR count). The molecule has 1 aliphatic carbocycles. The largest absolute Gasteiger partial charge is 0.300 e. The molecule has 0 spiro atoms. The maximum atomic E-state index is 11.7. The second kappa shape index (κ2) is 5.63. The lowest BCUT2D eigenvalue weighted by atomic mass is 9.66. The Bertz CT molecular complexity index is 654. The van der Waals surface area contributed by atoms with Gasteiger partial charge in [0.25, 0.3) is 0 Å². The highest BCUT2D eigenvalue weighted by Crippen LogP contribution is 2.41. The summed E-state index contributed by atoms with van der Waals surface area (Å²) < 4.78 is 0. The van der Waals surface area contributed by atoms with Crippen molar-refractivity contribution in [3.8, 4) is 0 Å². The highest BCUT2D eigenvalue weighted by atomic mass is 16.1. The minimum atomic E-state index is 0.310. The van der Waals surface area contributed by atoms with E-state index in [9.17, 15) is 4.79 Å². The molecule has 21 heavy (non-hydrogen) atoms. The third-order valence-electron chi connectivity index (χ3n) is 5.22. The Kier molecular flexibility index (Phi) is 3.84. The minimum Gasteiger partial charge on any atom is -0.300 e.